The highest BCUT2D eigenvalue weighted by Gasteiger charge is 2.70. The van der Waals surface area contributed by atoms with Crippen LogP contribution in [0.3, 0.4) is 0 Å². The molecule has 1 spiro atoms. The molecule has 9 rings (SSSR count). The Hall–Kier alpha value is -5.09. The first-order chi connectivity index (χ1) is 34.6. The van der Waals surface area contributed by atoms with Gasteiger partial charge in [0.2, 0.25) is 5.91 Å². The maximum Gasteiger partial charge on any atom is 0.328 e. The fourth-order valence-corrected chi connectivity index (χ4v) is 15.0. The van der Waals surface area contributed by atoms with Crippen molar-refractivity contribution < 1.29 is 48.3 Å². The van der Waals surface area contributed by atoms with Gasteiger partial charge in [0.25, 0.3) is 0 Å². The number of rotatable bonds is 15. The Morgan fingerprint density at radius 1 is 1.00 bits per heavy atom. The lowest BCUT2D eigenvalue weighted by atomic mass is 9.45. The fourth-order valence-electron chi connectivity index (χ4n) is 15.0. The fraction of sp³-hybridized carbons (Fsp3) is 0.632. The molecule has 3 fully saturated rings. The SMILES string of the molecule is CCC1(O)CC2CN(CCc3c([nH]c4ccccc34)C(C(=O)OC)(c3cc4c(cc3OC)CCCC3C(C(C)=NCCCOC(=O)C(C)NC(=O)CCC(=O)OC)C(O)C5(CC)C=CCN6CCC43C65)C2)C1. The number of benzene rings is 2. The Morgan fingerprint density at radius 2 is 1.81 bits per heavy atom. The molecule has 390 valence electrons. The van der Waals surface area contributed by atoms with Gasteiger partial charge >= 0.3 is 17.9 Å². The van der Waals surface area contributed by atoms with Gasteiger partial charge in [0, 0.05) is 96.2 Å². The third-order valence-corrected chi connectivity index (χ3v) is 18.2. The zero-order valence-corrected chi connectivity index (χ0v) is 43.5. The smallest absolute Gasteiger partial charge is 0.328 e. The lowest BCUT2D eigenvalue weighted by molar-refractivity contribution is -0.148. The third kappa shape index (κ3) is 8.77. The van der Waals surface area contributed by atoms with E-state index in [1.54, 1.807) is 14.0 Å². The monoisotopic (exact) mass is 992 g/mol. The molecule has 2 aromatic carbocycles. The zero-order valence-electron chi connectivity index (χ0n) is 43.5. The van der Waals surface area contributed by atoms with E-state index in [2.05, 4.69) is 88.1 Å². The first-order valence-electron chi connectivity index (χ1n) is 26.6. The number of amides is 1. The first-order valence-corrected chi connectivity index (χ1v) is 26.6. The van der Waals surface area contributed by atoms with Gasteiger partial charge in [0.05, 0.1) is 46.1 Å². The van der Waals surface area contributed by atoms with Crippen molar-refractivity contribution in [3.63, 3.8) is 0 Å². The van der Waals surface area contributed by atoms with Crippen molar-refractivity contribution in [1.29, 1.82) is 0 Å². The molecule has 11 unspecified atom stereocenters. The summed E-state index contributed by atoms with van der Waals surface area (Å²) >= 11 is 0. The van der Waals surface area contributed by atoms with Crippen LogP contribution in [0, 0.1) is 23.2 Å². The molecular weight excluding hydrogens is 915 g/mol. The number of methoxy groups -OCH3 is 3. The van der Waals surface area contributed by atoms with E-state index in [9.17, 15) is 24.6 Å². The topological polar surface area (TPSA) is 192 Å². The number of aromatic amines is 1. The van der Waals surface area contributed by atoms with E-state index in [4.69, 9.17) is 19.2 Å². The maximum atomic E-state index is 15.6. The predicted molar refractivity (Wildman–Crippen MR) is 274 cm³/mol. The van der Waals surface area contributed by atoms with Gasteiger partial charge < -0.3 is 39.5 Å². The quantitative estimate of drug-likeness (QED) is 0.0450. The number of ether oxygens (including phenoxy) is 4. The average Bonchev–Trinajstić information content (AvgIpc) is 3.93. The molecule has 2 aliphatic carbocycles. The molecule has 1 aromatic heterocycles. The number of esters is 3. The number of aliphatic hydroxyl groups is 2. The first kappa shape index (κ1) is 51.8. The molecule has 0 radical (unpaired) electrons. The summed E-state index contributed by atoms with van der Waals surface area (Å²) in [6.45, 7) is 12.1. The number of aliphatic imine (C=N–C) groups is 1. The third-order valence-electron chi connectivity index (χ3n) is 18.2. The minimum Gasteiger partial charge on any atom is -0.496 e. The van der Waals surface area contributed by atoms with Crippen LogP contribution >= 0.6 is 0 Å². The number of H-pyrrole nitrogens is 1. The molecule has 15 heteroatoms. The lowest BCUT2D eigenvalue weighted by Crippen LogP contribution is -2.69. The number of para-hydroxylation sites is 1. The van der Waals surface area contributed by atoms with Crippen LogP contribution in [0.2, 0.25) is 0 Å². The number of nitrogens with zero attached hydrogens (tertiary/aromatic N) is 3. The van der Waals surface area contributed by atoms with Gasteiger partial charge in [-0.25, -0.2) is 4.79 Å². The van der Waals surface area contributed by atoms with Gasteiger partial charge in [-0.15, -0.1) is 0 Å². The summed E-state index contributed by atoms with van der Waals surface area (Å²) < 4.78 is 22.8. The van der Waals surface area contributed by atoms with E-state index in [1.165, 1.54) is 25.3 Å². The highest BCUT2D eigenvalue weighted by atomic mass is 16.5. The Morgan fingerprint density at radius 3 is 2.56 bits per heavy atom. The molecular formula is C57H77N5O10. The van der Waals surface area contributed by atoms with E-state index in [-0.39, 0.29) is 49.2 Å². The number of aryl methyl sites for hydroxylation is 1. The molecule has 1 amide bonds. The number of hydrogen-bond donors (Lipinski definition) is 4. The number of fused-ring (bicyclic) bond motifs is 6. The van der Waals surface area contributed by atoms with Crippen molar-refractivity contribution in [2.75, 3.05) is 67.2 Å². The van der Waals surface area contributed by atoms with Crippen molar-refractivity contribution in [2.24, 2.45) is 28.2 Å². The lowest BCUT2D eigenvalue weighted by Gasteiger charge is -2.63. The second kappa shape index (κ2) is 20.7. The number of hydrogen-bond acceptors (Lipinski definition) is 13. The molecule has 11 atom stereocenters. The Labute approximate surface area is 424 Å². The normalized spacial score (nSPS) is 32.3. The summed E-state index contributed by atoms with van der Waals surface area (Å²) in [5.74, 6) is -1.54. The Bertz CT molecular complexity index is 2610. The summed E-state index contributed by atoms with van der Waals surface area (Å²) in [5.41, 5.74) is 3.71. The zero-order chi connectivity index (χ0) is 51.2. The largest absolute Gasteiger partial charge is 0.496 e. The summed E-state index contributed by atoms with van der Waals surface area (Å²) in [4.78, 5) is 66.2. The van der Waals surface area contributed by atoms with Gasteiger partial charge in [0.1, 0.15) is 17.2 Å². The van der Waals surface area contributed by atoms with Gasteiger partial charge in [-0.3, -0.25) is 29.2 Å². The highest BCUT2D eigenvalue weighted by molar-refractivity contribution is 5.94. The van der Waals surface area contributed by atoms with Crippen molar-refractivity contribution >= 4 is 40.4 Å². The summed E-state index contributed by atoms with van der Waals surface area (Å²) in [5, 5.41) is 28.9. The second-order valence-corrected chi connectivity index (χ2v) is 21.9. The summed E-state index contributed by atoms with van der Waals surface area (Å²) in [6.07, 6.45) is 10.6. The molecule has 4 aliphatic heterocycles. The molecule has 3 aromatic rings. The number of piperidine rings is 1. The number of carbonyl (C=O) groups excluding carboxylic acids is 4. The predicted octanol–water partition coefficient (Wildman–Crippen LogP) is 6.12. The van der Waals surface area contributed by atoms with Crippen LogP contribution in [0.5, 0.6) is 5.75 Å². The van der Waals surface area contributed by atoms with Crippen molar-refractivity contribution in [1.82, 2.24) is 20.1 Å². The van der Waals surface area contributed by atoms with Crippen LogP contribution in [-0.4, -0.2) is 146 Å². The van der Waals surface area contributed by atoms with Gasteiger partial charge in [-0.1, -0.05) is 44.2 Å². The number of nitrogens with one attached hydrogen (secondary N) is 2. The summed E-state index contributed by atoms with van der Waals surface area (Å²) in [6, 6.07) is 12.0. The average molecular weight is 992 g/mol. The molecule has 2 saturated heterocycles. The van der Waals surface area contributed by atoms with Crippen LogP contribution in [0.15, 0.2) is 53.5 Å². The number of aromatic nitrogens is 1. The van der Waals surface area contributed by atoms with Gasteiger partial charge in [-0.2, -0.15) is 0 Å². The molecule has 1 saturated carbocycles. The van der Waals surface area contributed by atoms with Crippen LogP contribution in [0.4, 0.5) is 0 Å². The number of aliphatic hydroxyl groups excluding tert-OH is 1. The number of carbonyl (C=O) groups is 4. The molecule has 2 bridgehead atoms. The van der Waals surface area contributed by atoms with Crippen molar-refractivity contribution in [3.8, 4) is 5.75 Å². The van der Waals surface area contributed by atoms with E-state index < -0.39 is 51.8 Å². The van der Waals surface area contributed by atoms with Crippen LogP contribution in [0.1, 0.15) is 120 Å². The van der Waals surface area contributed by atoms with Crippen LogP contribution in [0.25, 0.3) is 10.9 Å². The minimum atomic E-state index is -1.33. The molecule has 72 heavy (non-hydrogen) atoms. The van der Waals surface area contributed by atoms with E-state index in [0.717, 1.165) is 91.7 Å². The van der Waals surface area contributed by atoms with Gasteiger partial charge in [-0.05, 0) is 125 Å². The maximum absolute atomic E-state index is 15.6. The Balaban J connectivity index is 1.13. The second-order valence-electron chi connectivity index (χ2n) is 21.9. The van der Waals surface area contributed by atoms with Gasteiger partial charge in [0.15, 0.2) is 0 Å². The standard InChI is InChI=1S/C57H77N5O10/c1-8-54(68)31-37-32-57(53(67)71-7,49-40(21-26-61(33-37)34-54)39-16-10-11-18-44(39)60-49)43-30-42-38(29-45(43)69-5)15-12-17-41-48(50(65)55(9-2)22-13-25-62-27-23-56(41,42)52(55)62)35(3)58-24-14-28-72-51(66)36(4)59-46(63)19-20-47(64)70-6/h10-11,13,16,18,22,29-30,36-37,41,48,50,52,60,65,68H,8-9,12,14-15,17,19-21,23-28,31-34H2,1-7H3,(H,59,63). The molecule has 4 N–H and O–H groups in total. The molecule has 5 heterocycles. The van der Waals surface area contributed by atoms with Crippen LogP contribution in [-0.2, 0) is 57.1 Å². The van der Waals surface area contributed by atoms with E-state index in [0.29, 0.717) is 50.9 Å². The Kier molecular flexibility index (Phi) is 14.9. The van der Waals surface area contributed by atoms with Crippen molar-refractivity contribution in [3.05, 3.63) is 76.5 Å². The van der Waals surface area contributed by atoms with E-state index >= 15 is 4.79 Å². The van der Waals surface area contributed by atoms with Crippen LogP contribution < -0.4 is 10.1 Å². The van der Waals surface area contributed by atoms with E-state index in [1.807, 2.05) is 6.07 Å². The molecule has 6 aliphatic rings. The summed E-state index contributed by atoms with van der Waals surface area (Å²) in [7, 11) is 4.46. The molecule has 15 nitrogen and oxygen atoms in total. The minimum absolute atomic E-state index is 0.00565. The highest BCUT2D eigenvalue weighted by Crippen LogP contribution is 2.66. The van der Waals surface area contributed by atoms with Crippen molar-refractivity contribution in [2.45, 2.75) is 139 Å².